The van der Waals surface area contributed by atoms with Gasteiger partial charge in [-0.15, -0.1) is 0 Å². The molecule has 0 aromatic carbocycles. The van der Waals surface area contributed by atoms with Gasteiger partial charge >= 0.3 is 7.48 Å². The van der Waals surface area contributed by atoms with Crippen LogP contribution in [0.4, 0.5) is 0 Å². The number of ether oxygens (including phenoxy) is 1. The molecule has 0 aliphatic rings. The Morgan fingerprint density at radius 3 is 2.29 bits per heavy atom. The van der Waals surface area contributed by atoms with Gasteiger partial charge in [0.2, 0.25) is 0 Å². The van der Waals surface area contributed by atoms with Crippen LogP contribution in [0.25, 0.3) is 0 Å². The van der Waals surface area contributed by atoms with Gasteiger partial charge < -0.3 is 14.5 Å². The molecule has 0 heterocycles. The van der Waals surface area contributed by atoms with Crippen LogP contribution in [0.15, 0.2) is 12.1 Å². The first-order chi connectivity index (χ1) is 6.31. The van der Waals surface area contributed by atoms with E-state index < -0.39 is 11.2 Å². The van der Waals surface area contributed by atoms with Gasteiger partial charge in [0.05, 0.1) is 17.8 Å². The van der Waals surface area contributed by atoms with Crippen LogP contribution in [0.5, 0.6) is 0 Å². The van der Waals surface area contributed by atoms with Crippen molar-refractivity contribution >= 4 is 7.48 Å². The van der Waals surface area contributed by atoms with Crippen LogP contribution in [0.3, 0.4) is 0 Å². The fourth-order valence-corrected chi connectivity index (χ4v) is 0.665. The molecule has 3 nitrogen and oxygen atoms in total. The van der Waals surface area contributed by atoms with Crippen molar-refractivity contribution in [2.45, 2.75) is 38.9 Å². The Bertz CT molecular complexity index is 182. The average molecular weight is 200 g/mol. The lowest BCUT2D eigenvalue weighted by molar-refractivity contribution is -0.0894. The molecule has 0 amide bonds. The molecule has 0 aromatic heterocycles. The van der Waals surface area contributed by atoms with E-state index >= 15 is 0 Å². The predicted molar refractivity (Wildman–Crippen MR) is 59.6 cm³/mol. The third-order valence-corrected chi connectivity index (χ3v) is 2.44. The Morgan fingerprint density at radius 1 is 1.29 bits per heavy atom. The van der Waals surface area contributed by atoms with Gasteiger partial charge in [-0.3, -0.25) is 0 Å². The minimum absolute atomic E-state index is 0.486. The van der Waals surface area contributed by atoms with E-state index in [9.17, 15) is 5.11 Å². The smallest absolute Gasteiger partial charge is 0.301 e. The molecule has 0 bridgehead atoms. The minimum atomic E-state index is -0.845. The Kier molecular flexibility index (Phi) is 5.41. The number of rotatable bonds is 6. The topological polar surface area (TPSA) is 38.7 Å². The van der Waals surface area contributed by atoms with Crippen LogP contribution >= 0.6 is 0 Å². The molecule has 0 aromatic rings. The molecular formula is C10H21BO3. The van der Waals surface area contributed by atoms with Crippen LogP contribution in [-0.4, -0.2) is 37.5 Å². The monoisotopic (exact) mass is 200 g/mol. The first kappa shape index (κ1) is 13.7. The van der Waals surface area contributed by atoms with Crippen molar-refractivity contribution in [3.63, 3.8) is 0 Å². The van der Waals surface area contributed by atoms with E-state index in [0.29, 0.717) is 14.1 Å². The van der Waals surface area contributed by atoms with Crippen molar-refractivity contribution in [2.75, 3.05) is 13.7 Å². The van der Waals surface area contributed by atoms with Gasteiger partial charge in [-0.2, -0.15) is 0 Å². The average Bonchev–Trinajstić information content (AvgIpc) is 2.02. The van der Waals surface area contributed by atoms with Gasteiger partial charge in [0.15, 0.2) is 0 Å². The Balaban J connectivity index is 3.89. The molecule has 1 N–H and O–H groups in total. The predicted octanol–water partition coefficient (Wildman–Crippen LogP) is 1.06. The van der Waals surface area contributed by atoms with Gasteiger partial charge in [-0.25, -0.2) is 0 Å². The van der Waals surface area contributed by atoms with Crippen LogP contribution in [0, 0.1) is 0 Å². The Morgan fingerprint density at radius 2 is 1.86 bits per heavy atom. The Labute approximate surface area is 87.4 Å². The molecular weight excluding hydrogens is 179 g/mol. The highest BCUT2D eigenvalue weighted by Crippen LogP contribution is 2.24. The summed E-state index contributed by atoms with van der Waals surface area (Å²) in [5.41, 5.74) is -1.40. The van der Waals surface area contributed by atoms with Gasteiger partial charge in [0.1, 0.15) is 0 Å². The highest BCUT2D eigenvalue weighted by molar-refractivity contribution is 6.34. The van der Waals surface area contributed by atoms with E-state index in [1.807, 2.05) is 25.9 Å². The summed E-state index contributed by atoms with van der Waals surface area (Å²) in [5, 5.41) is 9.77. The molecule has 14 heavy (non-hydrogen) atoms. The molecule has 4 heteroatoms. The highest BCUT2D eigenvalue weighted by Gasteiger charge is 2.35. The molecule has 0 unspecified atom stereocenters. The van der Waals surface area contributed by atoms with E-state index in [-0.39, 0.29) is 0 Å². The highest BCUT2D eigenvalue weighted by atomic mass is 16.5. The summed E-state index contributed by atoms with van der Waals surface area (Å²) in [6.07, 6.45) is 1.89. The number of methoxy groups -OCH3 is 1. The fourth-order valence-electron chi connectivity index (χ4n) is 0.665. The zero-order valence-corrected chi connectivity index (χ0v) is 9.83. The molecule has 0 atom stereocenters. The molecule has 0 saturated carbocycles. The van der Waals surface area contributed by atoms with E-state index in [1.54, 1.807) is 21.0 Å². The van der Waals surface area contributed by atoms with Crippen LogP contribution < -0.4 is 0 Å². The summed E-state index contributed by atoms with van der Waals surface area (Å²) in [6.45, 7) is 7.82. The molecule has 0 spiro atoms. The minimum Gasteiger partial charge on any atom is -0.427 e. The van der Waals surface area contributed by atoms with E-state index in [0.717, 1.165) is 0 Å². The first-order valence-electron chi connectivity index (χ1n) is 4.81. The molecule has 0 fully saturated rings. The standard InChI is InChI=1S/C10H21BO3/c1-9(2,12)10(3,4)14-11-7-6-8-13-5/h6-7,11-12H,8H2,1-5H3/b7-6+. The summed E-state index contributed by atoms with van der Waals surface area (Å²) < 4.78 is 10.4. The summed E-state index contributed by atoms with van der Waals surface area (Å²) >= 11 is 0. The number of hydrogen-bond donors (Lipinski definition) is 1. The van der Waals surface area contributed by atoms with Crippen molar-refractivity contribution in [3.8, 4) is 0 Å². The molecule has 0 saturated heterocycles. The second-order valence-corrected chi connectivity index (χ2v) is 4.31. The summed E-state index contributed by atoms with van der Waals surface area (Å²) in [7, 11) is 2.13. The lowest BCUT2D eigenvalue weighted by Gasteiger charge is -2.37. The van der Waals surface area contributed by atoms with Crippen molar-refractivity contribution < 1.29 is 14.5 Å². The van der Waals surface area contributed by atoms with E-state index in [1.165, 1.54) is 0 Å². The molecule has 0 rings (SSSR count). The van der Waals surface area contributed by atoms with E-state index in [2.05, 4.69) is 0 Å². The van der Waals surface area contributed by atoms with Crippen molar-refractivity contribution in [2.24, 2.45) is 0 Å². The van der Waals surface area contributed by atoms with Crippen molar-refractivity contribution in [1.82, 2.24) is 0 Å². The van der Waals surface area contributed by atoms with Crippen molar-refractivity contribution in [3.05, 3.63) is 12.1 Å². The van der Waals surface area contributed by atoms with Gasteiger partial charge in [0, 0.05) is 7.11 Å². The largest absolute Gasteiger partial charge is 0.427 e. The number of hydrogen-bond acceptors (Lipinski definition) is 3. The SMILES string of the molecule is COC/C=C/BOC(C)(C)C(C)(C)O. The maximum atomic E-state index is 9.77. The molecule has 0 aliphatic heterocycles. The van der Waals surface area contributed by atoms with Crippen LogP contribution in [0.1, 0.15) is 27.7 Å². The van der Waals surface area contributed by atoms with Gasteiger partial charge in [0.25, 0.3) is 0 Å². The molecule has 0 radical (unpaired) electrons. The third kappa shape index (κ3) is 4.79. The van der Waals surface area contributed by atoms with E-state index in [4.69, 9.17) is 9.39 Å². The second kappa shape index (κ2) is 5.54. The first-order valence-corrected chi connectivity index (χ1v) is 4.81. The zero-order chi connectivity index (χ0) is 11.2. The zero-order valence-electron chi connectivity index (χ0n) is 9.83. The maximum Gasteiger partial charge on any atom is 0.301 e. The quantitative estimate of drug-likeness (QED) is 0.651. The summed E-state index contributed by atoms with van der Waals surface area (Å²) in [6, 6.07) is 0. The van der Waals surface area contributed by atoms with Gasteiger partial charge in [-0.1, -0.05) is 12.1 Å². The fraction of sp³-hybridized carbons (Fsp3) is 0.800. The van der Waals surface area contributed by atoms with Crippen LogP contribution in [-0.2, 0) is 9.39 Å². The van der Waals surface area contributed by atoms with Gasteiger partial charge in [-0.05, 0) is 27.7 Å². The third-order valence-electron chi connectivity index (χ3n) is 2.44. The van der Waals surface area contributed by atoms with Crippen LogP contribution in [0.2, 0.25) is 0 Å². The maximum absolute atomic E-state index is 9.77. The Hall–Kier alpha value is -0.315. The molecule has 0 aliphatic carbocycles. The number of aliphatic hydroxyl groups is 1. The lowest BCUT2D eigenvalue weighted by atomic mass is 9.86. The molecule has 82 valence electrons. The summed E-state index contributed by atoms with van der Waals surface area (Å²) in [4.78, 5) is 0. The normalized spacial score (nSPS) is 13.6. The van der Waals surface area contributed by atoms with Crippen molar-refractivity contribution in [1.29, 1.82) is 0 Å². The lowest BCUT2D eigenvalue weighted by Crippen LogP contribution is -2.47. The second-order valence-electron chi connectivity index (χ2n) is 4.31. The summed E-state index contributed by atoms with van der Waals surface area (Å²) in [5.74, 6) is 1.89.